The molecule has 0 saturated carbocycles. The fourth-order valence-corrected chi connectivity index (χ4v) is 1.91. The summed E-state index contributed by atoms with van der Waals surface area (Å²) in [4.78, 5) is 10.8. The Balaban J connectivity index is 4.36. The summed E-state index contributed by atoms with van der Waals surface area (Å²) >= 11 is 0. The van der Waals surface area contributed by atoms with Gasteiger partial charge in [0.05, 0.1) is 7.11 Å². The summed E-state index contributed by atoms with van der Waals surface area (Å²) in [6.07, 6.45) is -1.50. The van der Waals surface area contributed by atoms with Gasteiger partial charge in [-0.3, -0.25) is 0 Å². The molecular formula is C8H18N2O5S. The van der Waals surface area contributed by atoms with Crippen molar-refractivity contribution in [1.29, 1.82) is 0 Å². The predicted octanol–water partition coefficient (Wildman–Crippen LogP) is -1.31. The fraction of sp³-hybridized carbons (Fsp3) is 0.875. The van der Waals surface area contributed by atoms with Crippen molar-refractivity contribution in [2.24, 2.45) is 0 Å². The van der Waals surface area contributed by atoms with Gasteiger partial charge in [0.2, 0.25) is 0 Å². The molecular weight excluding hydrogens is 236 g/mol. The van der Waals surface area contributed by atoms with Crippen LogP contribution in [0.4, 0.5) is 0 Å². The Morgan fingerprint density at radius 2 is 2.00 bits per heavy atom. The third kappa shape index (κ3) is 4.44. The van der Waals surface area contributed by atoms with E-state index in [0.29, 0.717) is 0 Å². The fourth-order valence-electron chi connectivity index (χ4n) is 0.783. The number of methoxy groups -OCH3 is 1. The Hall–Kier alpha value is -0.700. The Morgan fingerprint density at radius 1 is 1.50 bits per heavy atom. The standard InChI is InChI=1S/C8H18N2O5S/c1-6(2)10(3)16(13,14)9-5-7(11)8(12)15-4/h6-7,9,11H,5H2,1-4H3. The molecule has 0 rings (SSSR count). The average Bonchev–Trinajstić information content (AvgIpc) is 2.23. The van der Waals surface area contributed by atoms with Crippen LogP contribution in [-0.2, 0) is 19.7 Å². The molecule has 0 aliphatic heterocycles. The van der Waals surface area contributed by atoms with Crippen molar-refractivity contribution < 1.29 is 23.1 Å². The smallest absolute Gasteiger partial charge is 0.336 e. The largest absolute Gasteiger partial charge is 0.467 e. The van der Waals surface area contributed by atoms with Gasteiger partial charge in [-0.25, -0.2) is 4.79 Å². The summed E-state index contributed by atoms with van der Waals surface area (Å²) in [6, 6.07) is -0.215. The maximum atomic E-state index is 11.5. The Labute approximate surface area is 95.6 Å². The summed E-state index contributed by atoms with van der Waals surface area (Å²) in [5, 5.41) is 9.18. The molecule has 0 aromatic heterocycles. The lowest BCUT2D eigenvalue weighted by Gasteiger charge is -2.21. The van der Waals surface area contributed by atoms with Crippen LogP contribution in [0.2, 0.25) is 0 Å². The summed E-state index contributed by atoms with van der Waals surface area (Å²) in [5.41, 5.74) is 0. The lowest BCUT2D eigenvalue weighted by atomic mass is 10.4. The van der Waals surface area contributed by atoms with Gasteiger partial charge in [-0.15, -0.1) is 0 Å². The quantitative estimate of drug-likeness (QED) is 0.574. The molecule has 0 heterocycles. The SMILES string of the molecule is COC(=O)C(O)CNS(=O)(=O)N(C)C(C)C. The first-order valence-corrected chi connectivity index (χ1v) is 6.15. The highest BCUT2D eigenvalue weighted by Gasteiger charge is 2.23. The van der Waals surface area contributed by atoms with Crippen LogP contribution in [0.25, 0.3) is 0 Å². The molecule has 96 valence electrons. The molecule has 0 aromatic carbocycles. The topological polar surface area (TPSA) is 95.9 Å². The second-order valence-electron chi connectivity index (χ2n) is 3.50. The first kappa shape index (κ1) is 15.3. The number of aliphatic hydroxyl groups is 1. The highest BCUT2D eigenvalue weighted by atomic mass is 32.2. The van der Waals surface area contributed by atoms with Gasteiger partial charge in [0.15, 0.2) is 6.10 Å². The normalized spacial score (nSPS) is 14.2. The van der Waals surface area contributed by atoms with E-state index in [-0.39, 0.29) is 6.04 Å². The van der Waals surface area contributed by atoms with Crippen LogP contribution >= 0.6 is 0 Å². The van der Waals surface area contributed by atoms with Crippen LogP contribution in [0.3, 0.4) is 0 Å². The van der Waals surface area contributed by atoms with Crippen LogP contribution in [0.1, 0.15) is 13.8 Å². The van der Waals surface area contributed by atoms with Crippen molar-refractivity contribution in [3.05, 3.63) is 0 Å². The van der Waals surface area contributed by atoms with E-state index in [0.717, 1.165) is 11.4 Å². The van der Waals surface area contributed by atoms with Crippen LogP contribution < -0.4 is 4.72 Å². The summed E-state index contributed by atoms with van der Waals surface area (Å²) in [6.45, 7) is 3.00. The summed E-state index contributed by atoms with van der Waals surface area (Å²) in [5.74, 6) is -0.880. The zero-order valence-corrected chi connectivity index (χ0v) is 10.6. The number of carbonyl (C=O) groups excluding carboxylic acids is 1. The highest BCUT2D eigenvalue weighted by Crippen LogP contribution is 2.00. The van der Waals surface area contributed by atoms with Gasteiger partial charge < -0.3 is 9.84 Å². The molecule has 0 aliphatic rings. The molecule has 0 aromatic rings. The van der Waals surface area contributed by atoms with Gasteiger partial charge in [-0.2, -0.15) is 17.4 Å². The van der Waals surface area contributed by atoms with Crippen molar-refractivity contribution >= 4 is 16.2 Å². The second-order valence-corrected chi connectivity index (χ2v) is 5.32. The number of ether oxygens (including phenoxy) is 1. The maximum Gasteiger partial charge on any atom is 0.336 e. The van der Waals surface area contributed by atoms with E-state index in [1.54, 1.807) is 13.8 Å². The maximum absolute atomic E-state index is 11.5. The first-order chi connectivity index (χ1) is 7.22. The summed E-state index contributed by atoms with van der Waals surface area (Å²) < 4.78 is 30.5. The van der Waals surface area contributed by atoms with Crippen molar-refractivity contribution in [3.63, 3.8) is 0 Å². The van der Waals surface area contributed by atoms with Crippen LogP contribution in [0, 0.1) is 0 Å². The number of nitrogens with one attached hydrogen (secondary N) is 1. The molecule has 7 nitrogen and oxygen atoms in total. The Bertz CT molecular complexity index is 327. The van der Waals surface area contributed by atoms with Crippen molar-refractivity contribution in [3.8, 4) is 0 Å². The molecule has 0 amide bonds. The van der Waals surface area contributed by atoms with E-state index in [2.05, 4.69) is 9.46 Å². The summed E-state index contributed by atoms with van der Waals surface area (Å²) in [7, 11) is -1.17. The highest BCUT2D eigenvalue weighted by molar-refractivity contribution is 7.87. The van der Waals surface area contributed by atoms with Crippen molar-refractivity contribution in [2.75, 3.05) is 20.7 Å². The molecule has 0 spiro atoms. The van der Waals surface area contributed by atoms with E-state index >= 15 is 0 Å². The van der Waals surface area contributed by atoms with Crippen LogP contribution in [0.5, 0.6) is 0 Å². The number of hydrogen-bond donors (Lipinski definition) is 2. The van der Waals surface area contributed by atoms with Crippen LogP contribution in [-0.4, -0.2) is 56.6 Å². The number of carbonyl (C=O) groups is 1. The van der Waals surface area contributed by atoms with Gasteiger partial charge in [0.25, 0.3) is 10.2 Å². The average molecular weight is 254 g/mol. The van der Waals surface area contributed by atoms with Gasteiger partial charge in [-0.05, 0) is 13.8 Å². The molecule has 0 saturated heterocycles. The number of nitrogens with zero attached hydrogens (tertiary/aromatic N) is 1. The third-order valence-electron chi connectivity index (χ3n) is 2.04. The minimum absolute atomic E-state index is 0.215. The van der Waals surface area contributed by atoms with E-state index in [4.69, 9.17) is 0 Å². The minimum Gasteiger partial charge on any atom is -0.467 e. The molecule has 1 atom stereocenters. The predicted molar refractivity (Wildman–Crippen MR) is 57.8 cm³/mol. The van der Waals surface area contributed by atoms with Gasteiger partial charge in [0.1, 0.15) is 0 Å². The molecule has 8 heteroatoms. The monoisotopic (exact) mass is 254 g/mol. The number of hydrogen-bond acceptors (Lipinski definition) is 5. The second kappa shape index (κ2) is 6.14. The zero-order valence-electron chi connectivity index (χ0n) is 9.80. The number of esters is 1. The van der Waals surface area contributed by atoms with E-state index in [9.17, 15) is 18.3 Å². The molecule has 1 unspecified atom stereocenters. The van der Waals surface area contributed by atoms with Crippen molar-refractivity contribution in [2.45, 2.75) is 26.0 Å². The molecule has 0 aliphatic carbocycles. The first-order valence-electron chi connectivity index (χ1n) is 4.71. The zero-order chi connectivity index (χ0) is 12.9. The Morgan fingerprint density at radius 3 is 2.38 bits per heavy atom. The molecule has 0 radical (unpaired) electrons. The number of aliphatic hydroxyl groups excluding tert-OH is 1. The van der Waals surface area contributed by atoms with E-state index in [1.165, 1.54) is 7.05 Å². The van der Waals surface area contributed by atoms with Crippen molar-refractivity contribution in [1.82, 2.24) is 9.03 Å². The van der Waals surface area contributed by atoms with Gasteiger partial charge in [0, 0.05) is 19.6 Å². The van der Waals surface area contributed by atoms with Crippen LogP contribution in [0.15, 0.2) is 0 Å². The third-order valence-corrected chi connectivity index (χ3v) is 3.75. The van der Waals surface area contributed by atoms with E-state index < -0.39 is 28.8 Å². The lowest BCUT2D eigenvalue weighted by Crippen LogP contribution is -2.45. The molecule has 2 N–H and O–H groups in total. The lowest BCUT2D eigenvalue weighted by molar-refractivity contribution is -0.149. The number of rotatable bonds is 6. The molecule has 0 fully saturated rings. The van der Waals surface area contributed by atoms with Gasteiger partial charge in [-0.1, -0.05) is 0 Å². The minimum atomic E-state index is -3.68. The van der Waals surface area contributed by atoms with Gasteiger partial charge >= 0.3 is 5.97 Å². The molecule has 0 bridgehead atoms. The molecule has 16 heavy (non-hydrogen) atoms. The Kier molecular flexibility index (Phi) is 5.87. The van der Waals surface area contributed by atoms with E-state index in [1.807, 2.05) is 0 Å².